The summed E-state index contributed by atoms with van der Waals surface area (Å²) in [7, 11) is 1.59. The minimum absolute atomic E-state index is 0.147. The van der Waals surface area contributed by atoms with E-state index in [2.05, 4.69) is 4.98 Å². The Kier molecular flexibility index (Phi) is 3.62. The summed E-state index contributed by atoms with van der Waals surface area (Å²) < 4.78 is 5.31. The summed E-state index contributed by atoms with van der Waals surface area (Å²) in [4.78, 5) is 15.8. The first-order valence-corrected chi connectivity index (χ1v) is 7.16. The predicted molar refractivity (Wildman–Crippen MR) is 91.6 cm³/mol. The molecule has 0 spiro atoms. The lowest BCUT2D eigenvalue weighted by Crippen LogP contribution is -2.06. The van der Waals surface area contributed by atoms with Crippen molar-refractivity contribution in [1.82, 2.24) is 4.98 Å². The normalized spacial score (nSPS) is 10.7. The van der Waals surface area contributed by atoms with Crippen LogP contribution < -0.4 is 10.5 Å². The van der Waals surface area contributed by atoms with Crippen LogP contribution in [0.25, 0.3) is 10.9 Å². The standard InChI is InChI=1S/C18H17N3O2/c1-10(19)13-8-12(6-7-14(13)20)18(22)15-9-11-4-3-5-16(23-2)17(11)21-15/h3-9,19,21H,20H2,1-2H3. The van der Waals surface area contributed by atoms with E-state index in [1.54, 1.807) is 38.3 Å². The van der Waals surface area contributed by atoms with E-state index in [0.29, 0.717) is 34.0 Å². The number of aromatic amines is 1. The van der Waals surface area contributed by atoms with Crippen LogP contribution in [0.4, 0.5) is 5.69 Å². The Morgan fingerprint density at radius 1 is 1.22 bits per heavy atom. The summed E-state index contributed by atoms with van der Waals surface area (Å²) in [5.41, 5.74) is 9.00. The van der Waals surface area contributed by atoms with Crippen molar-refractivity contribution in [3.63, 3.8) is 0 Å². The molecule has 0 amide bonds. The van der Waals surface area contributed by atoms with Gasteiger partial charge in [-0.3, -0.25) is 4.79 Å². The Morgan fingerprint density at radius 3 is 2.70 bits per heavy atom. The van der Waals surface area contributed by atoms with Gasteiger partial charge in [-0.05, 0) is 37.3 Å². The molecular weight excluding hydrogens is 290 g/mol. The number of ether oxygens (including phenoxy) is 1. The highest BCUT2D eigenvalue weighted by molar-refractivity contribution is 6.12. The molecule has 0 aliphatic rings. The molecule has 0 aliphatic carbocycles. The first-order valence-electron chi connectivity index (χ1n) is 7.16. The average Bonchev–Trinajstić information content (AvgIpc) is 2.98. The van der Waals surface area contributed by atoms with E-state index in [9.17, 15) is 4.79 Å². The third-order valence-corrected chi connectivity index (χ3v) is 3.80. The molecule has 0 saturated heterocycles. The Balaban J connectivity index is 2.07. The van der Waals surface area contributed by atoms with Crippen LogP contribution in [0.3, 0.4) is 0 Å². The SMILES string of the molecule is COc1cccc2cc(C(=O)c3ccc(N)c(C(C)=N)c3)[nH]c12. The summed E-state index contributed by atoms with van der Waals surface area (Å²) in [6, 6.07) is 12.4. The maximum Gasteiger partial charge on any atom is 0.209 e. The molecule has 116 valence electrons. The van der Waals surface area contributed by atoms with Crippen LogP contribution in [0, 0.1) is 5.41 Å². The first kappa shape index (κ1) is 14.8. The zero-order valence-corrected chi connectivity index (χ0v) is 12.9. The number of rotatable bonds is 4. The zero-order valence-electron chi connectivity index (χ0n) is 12.9. The number of ketones is 1. The van der Waals surface area contributed by atoms with Gasteiger partial charge in [0.05, 0.1) is 18.3 Å². The number of carbonyl (C=O) groups is 1. The number of nitrogen functional groups attached to an aromatic ring is 1. The Labute approximate surface area is 133 Å². The number of nitrogens with two attached hydrogens (primary N) is 1. The predicted octanol–water partition coefficient (Wildman–Crippen LogP) is 3.38. The van der Waals surface area contributed by atoms with E-state index in [0.717, 1.165) is 10.9 Å². The molecular formula is C18H17N3O2. The second-order valence-corrected chi connectivity index (χ2v) is 5.36. The number of methoxy groups -OCH3 is 1. The largest absolute Gasteiger partial charge is 0.495 e. The molecule has 0 aliphatic heterocycles. The van der Waals surface area contributed by atoms with Gasteiger partial charge < -0.3 is 20.9 Å². The summed E-state index contributed by atoms with van der Waals surface area (Å²) in [6.45, 7) is 1.65. The number of fused-ring (bicyclic) bond motifs is 1. The van der Waals surface area contributed by atoms with Crippen LogP contribution in [-0.2, 0) is 0 Å². The molecule has 1 aromatic heterocycles. The Morgan fingerprint density at radius 2 is 2.00 bits per heavy atom. The first-order chi connectivity index (χ1) is 11.0. The van der Waals surface area contributed by atoms with E-state index in [1.165, 1.54) is 0 Å². The van der Waals surface area contributed by atoms with Gasteiger partial charge in [0.15, 0.2) is 0 Å². The third-order valence-electron chi connectivity index (χ3n) is 3.80. The summed E-state index contributed by atoms with van der Waals surface area (Å²) in [5.74, 6) is 0.542. The van der Waals surface area contributed by atoms with Crippen LogP contribution in [0.5, 0.6) is 5.75 Å². The fraction of sp³-hybridized carbons (Fsp3) is 0.111. The topological polar surface area (TPSA) is 92.0 Å². The second-order valence-electron chi connectivity index (χ2n) is 5.36. The van der Waals surface area contributed by atoms with E-state index in [-0.39, 0.29) is 5.78 Å². The molecule has 23 heavy (non-hydrogen) atoms. The van der Waals surface area contributed by atoms with Gasteiger partial charge in [0.2, 0.25) is 5.78 Å². The van der Waals surface area contributed by atoms with Gasteiger partial charge >= 0.3 is 0 Å². The van der Waals surface area contributed by atoms with E-state index >= 15 is 0 Å². The monoisotopic (exact) mass is 307 g/mol. The lowest BCUT2D eigenvalue weighted by molar-refractivity contribution is 0.103. The molecule has 0 saturated carbocycles. The molecule has 2 aromatic carbocycles. The maximum atomic E-state index is 12.7. The molecule has 0 fully saturated rings. The van der Waals surface area contributed by atoms with Crippen LogP contribution in [-0.4, -0.2) is 23.6 Å². The van der Waals surface area contributed by atoms with Crippen molar-refractivity contribution in [2.24, 2.45) is 0 Å². The number of nitrogens with one attached hydrogen (secondary N) is 2. The zero-order chi connectivity index (χ0) is 16.6. The van der Waals surface area contributed by atoms with Crippen LogP contribution in [0.2, 0.25) is 0 Å². The van der Waals surface area contributed by atoms with E-state index < -0.39 is 0 Å². The average molecular weight is 307 g/mol. The molecule has 3 rings (SSSR count). The quantitative estimate of drug-likeness (QED) is 0.392. The third kappa shape index (κ3) is 2.57. The number of hydrogen-bond acceptors (Lipinski definition) is 4. The highest BCUT2D eigenvalue weighted by Gasteiger charge is 2.15. The minimum atomic E-state index is -0.147. The summed E-state index contributed by atoms with van der Waals surface area (Å²) in [6.07, 6.45) is 0. The summed E-state index contributed by atoms with van der Waals surface area (Å²) >= 11 is 0. The lowest BCUT2D eigenvalue weighted by atomic mass is 10.0. The fourth-order valence-electron chi connectivity index (χ4n) is 2.60. The van der Waals surface area contributed by atoms with Crippen molar-refractivity contribution >= 4 is 28.1 Å². The van der Waals surface area contributed by atoms with E-state index in [1.807, 2.05) is 18.2 Å². The molecule has 3 aromatic rings. The molecule has 0 radical (unpaired) electrons. The number of hydrogen-bond donors (Lipinski definition) is 3. The van der Waals surface area contributed by atoms with Crippen molar-refractivity contribution in [2.45, 2.75) is 6.92 Å². The molecule has 5 heteroatoms. The van der Waals surface area contributed by atoms with Gasteiger partial charge in [-0.15, -0.1) is 0 Å². The number of anilines is 1. The van der Waals surface area contributed by atoms with E-state index in [4.69, 9.17) is 15.9 Å². The van der Waals surface area contributed by atoms with Gasteiger partial charge in [-0.1, -0.05) is 12.1 Å². The number of H-pyrrole nitrogens is 1. The highest BCUT2D eigenvalue weighted by atomic mass is 16.5. The van der Waals surface area contributed by atoms with Crippen LogP contribution in [0.15, 0.2) is 42.5 Å². The molecule has 1 heterocycles. The van der Waals surface area contributed by atoms with Gasteiger partial charge in [0, 0.05) is 27.9 Å². The van der Waals surface area contributed by atoms with Crippen LogP contribution >= 0.6 is 0 Å². The molecule has 4 N–H and O–H groups in total. The van der Waals surface area contributed by atoms with Crippen molar-refractivity contribution in [3.05, 3.63) is 59.3 Å². The van der Waals surface area contributed by atoms with Crippen molar-refractivity contribution in [1.29, 1.82) is 5.41 Å². The number of carbonyl (C=O) groups excluding carboxylic acids is 1. The van der Waals surface area contributed by atoms with Gasteiger partial charge in [-0.25, -0.2) is 0 Å². The highest BCUT2D eigenvalue weighted by Crippen LogP contribution is 2.26. The molecule has 5 nitrogen and oxygen atoms in total. The Hall–Kier alpha value is -3.08. The maximum absolute atomic E-state index is 12.7. The number of benzene rings is 2. The number of aromatic nitrogens is 1. The fourth-order valence-corrected chi connectivity index (χ4v) is 2.60. The van der Waals surface area contributed by atoms with Gasteiger partial charge in [0.1, 0.15) is 5.75 Å². The minimum Gasteiger partial charge on any atom is -0.495 e. The molecule has 0 atom stereocenters. The molecule has 0 unspecified atom stereocenters. The van der Waals surface area contributed by atoms with Crippen molar-refractivity contribution in [3.8, 4) is 5.75 Å². The van der Waals surface area contributed by atoms with Gasteiger partial charge in [0.25, 0.3) is 0 Å². The van der Waals surface area contributed by atoms with Crippen molar-refractivity contribution < 1.29 is 9.53 Å². The van der Waals surface area contributed by atoms with Gasteiger partial charge in [-0.2, -0.15) is 0 Å². The smallest absolute Gasteiger partial charge is 0.209 e. The summed E-state index contributed by atoms with van der Waals surface area (Å²) in [5, 5.41) is 8.65. The van der Waals surface area contributed by atoms with Crippen molar-refractivity contribution in [2.75, 3.05) is 12.8 Å². The number of para-hydroxylation sites is 1. The van der Waals surface area contributed by atoms with Crippen LogP contribution in [0.1, 0.15) is 28.5 Å². The molecule has 0 bridgehead atoms. The Bertz CT molecular complexity index is 925. The second kappa shape index (κ2) is 5.61. The lowest BCUT2D eigenvalue weighted by Gasteiger charge is -2.06.